The van der Waals surface area contributed by atoms with Gasteiger partial charge >= 0.3 is 0 Å². The molecule has 1 aliphatic rings. The number of nitrogens with zero attached hydrogens (tertiary/aromatic N) is 1. The van der Waals surface area contributed by atoms with Crippen LogP contribution in [0, 0.1) is 0 Å². The van der Waals surface area contributed by atoms with E-state index in [0.29, 0.717) is 13.0 Å². The number of amides is 1. The fraction of sp³-hybridized carbons (Fsp3) is 0.462. The van der Waals surface area contributed by atoms with Crippen LogP contribution in [0.25, 0.3) is 0 Å². The second kappa shape index (κ2) is 5.29. The van der Waals surface area contributed by atoms with Crippen molar-refractivity contribution in [3.63, 3.8) is 0 Å². The standard InChI is InChI=1S/C13H19N3O/c1-16-12-6-3-2-5-10(12)11(9-13(16)17)15-8-4-7-14/h2-3,5-6,11,15H,4,7-9,14H2,1H3. The number of nitrogens with one attached hydrogen (secondary N) is 1. The van der Waals surface area contributed by atoms with Gasteiger partial charge in [0.25, 0.3) is 0 Å². The summed E-state index contributed by atoms with van der Waals surface area (Å²) in [6.07, 6.45) is 1.46. The van der Waals surface area contributed by atoms with E-state index in [1.807, 2.05) is 25.2 Å². The van der Waals surface area contributed by atoms with Crippen LogP contribution in [-0.4, -0.2) is 26.0 Å². The smallest absolute Gasteiger partial charge is 0.228 e. The molecule has 0 spiro atoms. The van der Waals surface area contributed by atoms with Gasteiger partial charge in [-0.25, -0.2) is 0 Å². The van der Waals surface area contributed by atoms with E-state index < -0.39 is 0 Å². The first-order valence-electron chi connectivity index (χ1n) is 6.03. The van der Waals surface area contributed by atoms with Crippen LogP contribution in [0.2, 0.25) is 0 Å². The molecule has 0 bridgehead atoms. The van der Waals surface area contributed by atoms with Gasteiger partial charge in [-0.3, -0.25) is 4.79 Å². The molecule has 0 fully saturated rings. The van der Waals surface area contributed by atoms with Crippen molar-refractivity contribution in [3.05, 3.63) is 29.8 Å². The number of hydrogen-bond donors (Lipinski definition) is 2. The summed E-state index contributed by atoms with van der Waals surface area (Å²) in [4.78, 5) is 13.6. The molecule has 1 heterocycles. The predicted octanol–water partition coefficient (Wildman–Crippen LogP) is 1.03. The zero-order chi connectivity index (χ0) is 12.3. The summed E-state index contributed by atoms with van der Waals surface area (Å²) in [5, 5.41) is 3.40. The number of carbonyl (C=O) groups excluding carboxylic acids is 1. The normalized spacial score (nSPS) is 19.3. The highest BCUT2D eigenvalue weighted by Gasteiger charge is 2.27. The number of benzene rings is 1. The molecule has 1 amide bonds. The molecule has 0 radical (unpaired) electrons. The number of nitrogens with two attached hydrogens (primary N) is 1. The summed E-state index contributed by atoms with van der Waals surface area (Å²) in [5.74, 6) is 0.161. The Kier molecular flexibility index (Phi) is 3.76. The number of fused-ring (bicyclic) bond motifs is 1. The second-order valence-electron chi connectivity index (χ2n) is 4.36. The maximum absolute atomic E-state index is 11.9. The Morgan fingerprint density at radius 2 is 2.24 bits per heavy atom. The first-order chi connectivity index (χ1) is 8.24. The summed E-state index contributed by atoms with van der Waals surface area (Å²) >= 11 is 0. The lowest BCUT2D eigenvalue weighted by atomic mass is 9.96. The van der Waals surface area contributed by atoms with Gasteiger partial charge in [-0.1, -0.05) is 18.2 Å². The summed E-state index contributed by atoms with van der Waals surface area (Å²) < 4.78 is 0. The topological polar surface area (TPSA) is 58.4 Å². The molecule has 1 aromatic rings. The average molecular weight is 233 g/mol. The molecule has 3 N–H and O–H groups in total. The molecule has 0 saturated heterocycles. The van der Waals surface area contributed by atoms with Gasteiger partial charge in [0, 0.05) is 25.2 Å². The highest BCUT2D eigenvalue weighted by atomic mass is 16.2. The van der Waals surface area contributed by atoms with Crippen LogP contribution in [0.3, 0.4) is 0 Å². The maximum Gasteiger partial charge on any atom is 0.228 e. The lowest BCUT2D eigenvalue weighted by Gasteiger charge is -2.32. The van der Waals surface area contributed by atoms with E-state index in [1.165, 1.54) is 5.56 Å². The molecular weight excluding hydrogens is 214 g/mol. The van der Waals surface area contributed by atoms with E-state index in [-0.39, 0.29) is 11.9 Å². The van der Waals surface area contributed by atoms with Crippen molar-refractivity contribution in [3.8, 4) is 0 Å². The van der Waals surface area contributed by atoms with Crippen LogP contribution in [0.1, 0.15) is 24.4 Å². The molecule has 1 aromatic carbocycles. The Morgan fingerprint density at radius 3 is 3.00 bits per heavy atom. The molecule has 2 rings (SSSR count). The third-order valence-corrected chi connectivity index (χ3v) is 3.20. The minimum absolute atomic E-state index is 0.126. The summed E-state index contributed by atoms with van der Waals surface area (Å²) in [7, 11) is 1.83. The van der Waals surface area contributed by atoms with E-state index in [1.54, 1.807) is 4.90 Å². The number of rotatable bonds is 4. The third kappa shape index (κ3) is 2.48. The van der Waals surface area contributed by atoms with Gasteiger partial charge in [0.1, 0.15) is 0 Å². The zero-order valence-electron chi connectivity index (χ0n) is 10.1. The first-order valence-corrected chi connectivity index (χ1v) is 6.03. The average Bonchev–Trinajstić information content (AvgIpc) is 2.36. The van der Waals surface area contributed by atoms with Gasteiger partial charge in [0.2, 0.25) is 5.91 Å². The van der Waals surface area contributed by atoms with Crippen LogP contribution in [-0.2, 0) is 4.79 Å². The van der Waals surface area contributed by atoms with Crippen LogP contribution < -0.4 is 16.0 Å². The van der Waals surface area contributed by atoms with Crippen molar-refractivity contribution in [2.24, 2.45) is 5.73 Å². The molecule has 1 atom stereocenters. The second-order valence-corrected chi connectivity index (χ2v) is 4.36. The minimum atomic E-state index is 0.126. The van der Waals surface area contributed by atoms with Crippen molar-refractivity contribution in [1.29, 1.82) is 0 Å². The Hall–Kier alpha value is -1.39. The van der Waals surface area contributed by atoms with Crippen molar-refractivity contribution < 1.29 is 4.79 Å². The Morgan fingerprint density at radius 1 is 1.47 bits per heavy atom. The molecule has 0 aliphatic carbocycles. The van der Waals surface area contributed by atoms with Crippen LogP contribution >= 0.6 is 0 Å². The summed E-state index contributed by atoms with van der Waals surface area (Å²) in [6.45, 7) is 1.53. The van der Waals surface area contributed by atoms with E-state index in [9.17, 15) is 4.79 Å². The van der Waals surface area contributed by atoms with Crippen molar-refractivity contribution >= 4 is 11.6 Å². The van der Waals surface area contributed by atoms with Crippen molar-refractivity contribution in [1.82, 2.24) is 5.32 Å². The quantitative estimate of drug-likeness (QED) is 0.764. The van der Waals surface area contributed by atoms with Gasteiger partial charge in [0.15, 0.2) is 0 Å². The number of para-hydroxylation sites is 1. The summed E-state index contributed by atoms with van der Waals surface area (Å²) in [5.41, 5.74) is 7.68. The fourth-order valence-electron chi connectivity index (χ4n) is 2.20. The van der Waals surface area contributed by atoms with Crippen LogP contribution in [0.4, 0.5) is 5.69 Å². The predicted molar refractivity (Wildman–Crippen MR) is 68.9 cm³/mol. The number of carbonyl (C=O) groups is 1. The van der Waals surface area contributed by atoms with Crippen LogP contribution in [0.5, 0.6) is 0 Å². The highest BCUT2D eigenvalue weighted by Crippen LogP contribution is 2.33. The van der Waals surface area contributed by atoms with Crippen molar-refractivity contribution in [2.75, 3.05) is 25.0 Å². The fourth-order valence-corrected chi connectivity index (χ4v) is 2.20. The lowest BCUT2D eigenvalue weighted by molar-refractivity contribution is -0.119. The molecule has 0 aromatic heterocycles. The van der Waals surface area contributed by atoms with Gasteiger partial charge in [-0.15, -0.1) is 0 Å². The largest absolute Gasteiger partial charge is 0.330 e. The van der Waals surface area contributed by atoms with Gasteiger partial charge in [0.05, 0.1) is 0 Å². The number of hydrogen-bond acceptors (Lipinski definition) is 3. The third-order valence-electron chi connectivity index (χ3n) is 3.20. The summed E-state index contributed by atoms with van der Waals surface area (Å²) in [6, 6.07) is 8.18. The van der Waals surface area contributed by atoms with E-state index >= 15 is 0 Å². The molecular formula is C13H19N3O. The van der Waals surface area contributed by atoms with E-state index in [2.05, 4.69) is 11.4 Å². The molecule has 1 unspecified atom stereocenters. The van der Waals surface area contributed by atoms with Gasteiger partial charge in [-0.2, -0.15) is 0 Å². The van der Waals surface area contributed by atoms with Crippen molar-refractivity contribution in [2.45, 2.75) is 18.9 Å². The first kappa shape index (κ1) is 12.1. The Labute approximate surface area is 102 Å². The van der Waals surface area contributed by atoms with E-state index in [0.717, 1.165) is 18.7 Å². The van der Waals surface area contributed by atoms with Gasteiger partial charge < -0.3 is 16.0 Å². The van der Waals surface area contributed by atoms with Crippen LogP contribution in [0.15, 0.2) is 24.3 Å². The molecule has 4 heteroatoms. The molecule has 92 valence electrons. The van der Waals surface area contributed by atoms with Gasteiger partial charge in [-0.05, 0) is 31.1 Å². The maximum atomic E-state index is 11.9. The molecule has 4 nitrogen and oxygen atoms in total. The zero-order valence-corrected chi connectivity index (χ0v) is 10.1. The lowest BCUT2D eigenvalue weighted by Crippen LogP contribution is -2.38. The highest BCUT2D eigenvalue weighted by molar-refractivity contribution is 5.96. The minimum Gasteiger partial charge on any atom is -0.330 e. The molecule has 1 aliphatic heterocycles. The Balaban J connectivity index is 2.18. The molecule has 17 heavy (non-hydrogen) atoms. The SMILES string of the molecule is CN1C(=O)CC(NCCCN)c2ccccc21. The Bertz CT molecular complexity index is 405. The van der Waals surface area contributed by atoms with E-state index in [4.69, 9.17) is 5.73 Å². The molecule has 0 saturated carbocycles. The monoisotopic (exact) mass is 233 g/mol. The number of anilines is 1.